The topological polar surface area (TPSA) is 0 Å². The molecule has 0 aliphatic heterocycles. The summed E-state index contributed by atoms with van der Waals surface area (Å²) in [5.41, 5.74) is 1.06. The first-order chi connectivity index (χ1) is 7.79. The Morgan fingerprint density at radius 3 is 2.75 bits per heavy atom. The van der Waals surface area contributed by atoms with Gasteiger partial charge < -0.3 is 0 Å². The molecule has 1 heterocycles. The summed E-state index contributed by atoms with van der Waals surface area (Å²) in [5.74, 6) is 0.184. The molecule has 0 saturated heterocycles. The first-order valence-corrected chi connectivity index (χ1v) is 7.13. The van der Waals surface area contributed by atoms with Gasteiger partial charge in [-0.1, -0.05) is 34.1 Å². The van der Waals surface area contributed by atoms with E-state index in [1.807, 2.05) is 6.07 Å². The molecule has 0 N–H and O–H groups in total. The molecule has 0 aliphatic rings. The van der Waals surface area contributed by atoms with Crippen LogP contribution in [0.3, 0.4) is 0 Å². The lowest BCUT2D eigenvalue weighted by Crippen LogP contribution is -2.03. The van der Waals surface area contributed by atoms with Crippen molar-refractivity contribution in [1.29, 1.82) is 0 Å². The smallest absolute Gasteiger partial charge is 0.123 e. The predicted octanol–water partition coefficient (Wildman–Crippen LogP) is 4.61. The summed E-state index contributed by atoms with van der Waals surface area (Å²) in [4.78, 5) is 1.34. The van der Waals surface area contributed by atoms with Gasteiger partial charge in [-0.25, -0.2) is 4.39 Å². The van der Waals surface area contributed by atoms with Crippen molar-refractivity contribution < 1.29 is 4.39 Å². The Labute approximate surface area is 107 Å². The Bertz CT molecular complexity index is 439. The van der Waals surface area contributed by atoms with Crippen LogP contribution in [0.25, 0.3) is 0 Å². The molecule has 0 aliphatic carbocycles. The first-order valence-electron chi connectivity index (χ1n) is 5.13. The minimum atomic E-state index is -0.158. The summed E-state index contributed by atoms with van der Waals surface area (Å²) < 4.78 is 13.1. The Morgan fingerprint density at radius 2 is 2.12 bits per heavy atom. The highest BCUT2D eigenvalue weighted by Gasteiger charge is 2.12. The van der Waals surface area contributed by atoms with Crippen LogP contribution in [0.5, 0.6) is 0 Å². The molecule has 2 aromatic rings. The highest BCUT2D eigenvalue weighted by Crippen LogP contribution is 2.25. The molecule has 3 heteroatoms. The van der Waals surface area contributed by atoms with E-state index in [1.54, 1.807) is 23.5 Å². The molecular formula is C13H12BrFS. The van der Waals surface area contributed by atoms with E-state index in [1.165, 1.54) is 10.9 Å². The number of alkyl halides is 1. The van der Waals surface area contributed by atoms with Crippen LogP contribution in [0.4, 0.5) is 4.39 Å². The number of hydrogen-bond acceptors (Lipinski definition) is 1. The Balaban J connectivity index is 2.16. The molecule has 0 nitrogen and oxygen atoms in total. The maximum absolute atomic E-state index is 13.1. The van der Waals surface area contributed by atoms with Gasteiger partial charge in [-0.2, -0.15) is 0 Å². The van der Waals surface area contributed by atoms with Gasteiger partial charge >= 0.3 is 0 Å². The van der Waals surface area contributed by atoms with Gasteiger partial charge in [-0.3, -0.25) is 0 Å². The van der Waals surface area contributed by atoms with Gasteiger partial charge in [-0.05, 0) is 41.5 Å². The lowest BCUT2D eigenvalue weighted by atomic mass is 9.97. The van der Waals surface area contributed by atoms with Crippen LogP contribution < -0.4 is 0 Å². The van der Waals surface area contributed by atoms with Crippen LogP contribution in [0.1, 0.15) is 16.4 Å². The molecule has 1 atom stereocenters. The highest BCUT2D eigenvalue weighted by atomic mass is 79.9. The zero-order valence-corrected chi connectivity index (χ0v) is 11.1. The van der Waals surface area contributed by atoms with Gasteiger partial charge in [0.05, 0.1) is 0 Å². The minimum absolute atomic E-state index is 0.158. The van der Waals surface area contributed by atoms with Gasteiger partial charge in [0, 0.05) is 10.2 Å². The van der Waals surface area contributed by atoms with Crippen molar-refractivity contribution in [3.63, 3.8) is 0 Å². The third kappa shape index (κ3) is 2.92. The first kappa shape index (κ1) is 11.8. The van der Waals surface area contributed by atoms with Gasteiger partial charge in [0.15, 0.2) is 0 Å². The van der Waals surface area contributed by atoms with Crippen molar-refractivity contribution in [2.75, 3.05) is 5.33 Å². The average molecular weight is 299 g/mol. The Hall–Kier alpha value is -0.670. The quantitative estimate of drug-likeness (QED) is 0.723. The summed E-state index contributed by atoms with van der Waals surface area (Å²) in [6, 6.07) is 11.0. The fraction of sp³-hybridized carbons (Fsp3) is 0.231. The third-order valence-corrected chi connectivity index (χ3v) is 4.21. The number of hydrogen-bond donors (Lipinski definition) is 0. The molecule has 1 aromatic carbocycles. The molecule has 0 bridgehead atoms. The van der Waals surface area contributed by atoms with E-state index in [0.717, 1.165) is 17.3 Å². The van der Waals surface area contributed by atoms with E-state index in [-0.39, 0.29) is 5.82 Å². The average Bonchev–Trinajstić information content (AvgIpc) is 2.78. The predicted molar refractivity (Wildman–Crippen MR) is 71.0 cm³/mol. The molecule has 2 rings (SSSR count). The van der Waals surface area contributed by atoms with Crippen molar-refractivity contribution in [2.45, 2.75) is 12.3 Å². The van der Waals surface area contributed by atoms with E-state index in [0.29, 0.717) is 5.92 Å². The van der Waals surface area contributed by atoms with Gasteiger partial charge in [0.25, 0.3) is 0 Å². The number of benzene rings is 1. The molecule has 16 heavy (non-hydrogen) atoms. The minimum Gasteiger partial charge on any atom is -0.207 e. The fourth-order valence-corrected chi connectivity index (χ4v) is 3.08. The van der Waals surface area contributed by atoms with E-state index in [4.69, 9.17) is 0 Å². The molecule has 0 saturated carbocycles. The number of thiophene rings is 1. The summed E-state index contributed by atoms with van der Waals surface area (Å²) in [6.45, 7) is 0. The lowest BCUT2D eigenvalue weighted by Gasteiger charge is -2.13. The van der Waals surface area contributed by atoms with Crippen LogP contribution in [0.2, 0.25) is 0 Å². The normalized spacial score (nSPS) is 12.6. The molecule has 0 fully saturated rings. The van der Waals surface area contributed by atoms with Crippen LogP contribution >= 0.6 is 27.3 Å². The molecule has 1 aromatic heterocycles. The number of rotatable bonds is 4. The second-order valence-corrected chi connectivity index (χ2v) is 5.37. The van der Waals surface area contributed by atoms with Crippen molar-refractivity contribution in [2.24, 2.45) is 0 Å². The van der Waals surface area contributed by atoms with Crippen molar-refractivity contribution >= 4 is 27.3 Å². The fourth-order valence-electron chi connectivity index (χ4n) is 1.69. The maximum atomic E-state index is 13.1. The molecule has 84 valence electrons. The van der Waals surface area contributed by atoms with Crippen molar-refractivity contribution in [3.8, 4) is 0 Å². The molecule has 0 radical (unpaired) electrons. The Kier molecular flexibility index (Phi) is 4.13. The lowest BCUT2D eigenvalue weighted by molar-refractivity contribution is 0.622. The van der Waals surface area contributed by atoms with Gasteiger partial charge in [-0.15, -0.1) is 11.3 Å². The molecule has 0 spiro atoms. The van der Waals surface area contributed by atoms with E-state index in [2.05, 4.69) is 33.4 Å². The molecule has 1 unspecified atom stereocenters. The third-order valence-electron chi connectivity index (χ3n) is 2.53. The second kappa shape index (κ2) is 5.60. The van der Waals surface area contributed by atoms with Crippen LogP contribution in [-0.4, -0.2) is 5.33 Å². The van der Waals surface area contributed by atoms with Gasteiger partial charge in [0.2, 0.25) is 0 Å². The Morgan fingerprint density at radius 1 is 1.25 bits per heavy atom. The summed E-state index contributed by atoms with van der Waals surface area (Å²) in [6.07, 6.45) is 0.965. The van der Waals surface area contributed by atoms with Crippen LogP contribution in [-0.2, 0) is 6.42 Å². The summed E-state index contributed by atoms with van der Waals surface area (Å²) in [5, 5.41) is 2.93. The van der Waals surface area contributed by atoms with Crippen molar-refractivity contribution in [1.82, 2.24) is 0 Å². The summed E-state index contributed by atoms with van der Waals surface area (Å²) >= 11 is 5.26. The SMILES string of the molecule is Fc1cccc(C(CBr)Cc2cccs2)c1. The van der Waals surface area contributed by atoms with E-state index < -0.39 is 0 Å². The van der Waals surface area contributed by atoms with E-state index in [9.17, 15) is 4.39 Å². The van der Waals surface area contributed by atoms with Crippen molar-refractivity contribution in [3.05, 3.63) is 58.0 Å². The molecular weight excluding hydrogens is 287 g/mol. The highest BCUT2D eigenvalue weighted by molar-refractivity contribution is 9.09. The standard InChI is InChI=1S/C13H12BrFS/c14-9-11(8-13-5-2-6-16-13)10-3-1-4-12(15)7-10/h1-7,11H,8-9H2. The maximum Gasteiger partial charge on any atom is 0.123 e. The number of halogens is 2. The van der Waals surface area contributed by atoms with Crippen LogP contribution in [0, 0.1) is 5.82 Å². The molecule has 0 amide bonds. The van der Waals surface area contributed by atoms with E-state index >= 15 is 0 Å². The monoisotopic (exact) mass is 298 g/mol. The summed E-state index contributed by atoms with van der Waals surface area (Å²) in [7, 11) is 0. The zero-order chi connectivity index (χ0) is 11.4. The second-order valence-electron chi connectivity index (χ2n) is 3.69. The van der Waals surface area contributed by atoms with Gasteiger partial charge in [0.1, 0.15) is 5.82 Å². The largest absolute Gasteiger partial charge is 0.207 e. The zero-order valence-electron chi connectivity index (χ0n) is 8.70. The van der Waals surface area contributed by atoms with Crippen LogP contribution in [0.15, 0.2) is 41.8 Å².